The molecule has 0 radical (unpaired) electrons. The number of likely N-dealkylation sites (N-methyl/N-ethyl adjacent to an activating group) is 1. The quantitative estimate of drug-likeness (QED) is 0.244. The Balaban J connectivity index is 1.35. The number of nitrogens with one attached hydrogen (secondary N) is 1. The number of aromatic nitrogens is 1. The molecule has 2 amide bonds. The maximum atomic E-state index is 13.6. The number of rotatable bonds is 9. The third kappa shape index (κ3) is 8.15. The molecule has 0 bridgehead atoms. The first-order valence-corrected chi connectivity index (χ1v) is 15.7. The van der Waals surface area contributed by atoms with Crippen LogP contribution >= 0.6 is 0 Å². The summed E-state index contributed by atoms with van der Waals surface area (Å²) in [6.07, 6.45) is -2.63. The standard InChI is InChI=1S/C36H41F3N4O4/c1-23-18-43(24(2)22-44)35(46)17-26-15-29(40-34(45)16-27-20-42(4)31-8-6-5-7-30(27)31)13-14-32(26)47-33(23)21-41(3)19-25-9-11-28(12-10-25)36(37,38)39/h5-15,20,23-24,33,44H,16-19,21-22H2,1-4H3,(H,40,45)/t23-,24+,33+/m1/s1. The van der Waals surface area contributed by atoms with Gasteiger partial charge in [-0.05, 0) is 61.5 Å². The fraction of sp³-hybridized carbons (Fsp3) is 0.389. The summed E-state index contributed by atoms with van der Waals surface area (Å²) in [6, 6.07) is 17.9. The van der Waals surface area contributed by atoms with E-state index in [0.29, 0.717) is 36.6 Å². The molecule has 4 aromatic rings. The molecule has 0 saturated heterocycles. The normalized spacial score (nSPS) is 17.9. The van der Waals surface area contributed by atoms with Gasteiger partial charge in [0.2, 0.25) is 11.8 Å². The molecule has 8 nitrogen and oxygen atoms in total. The summed E-state index contributed by atoms with van der Waals surface area (Å²) >= 11 is 0. The summed E-state index contributed by atoms with van der Waals surface area (Å²) in [7, 11) is 3.81. The van der Waals surface area contributed by atoms with E-state index in [4.69, 9.17) is 4.74 Å². The van der Waals surface area contributed by atoms with Crippen molar-refractivity contribution in [3.05, 3.63) is 95.2 Å². The van der Waals surface area contributed by atoms with Crippen molar-refractivity contribution in [1.82, 2.24) is 14.4 Å². The van der Waals surface area contributed by atoms with Gasteiger partial charge in [-0.2, -0.15) is 13.2 Å². The monoisotopic (exact) mass is 650 g/mol. The van der Waals surface area contributed by atoms with Gasteiger partial charge in [-0.3, -0.25) is 14.5 Å². The van der Waals surface area contributed by atoms with Crippen LogP contribution in [0, 0.1) is 5.92 Å². The van der Waals surface area contributed by atoms with Gasteiger partial charge in [0, 0.05) is 61.0 Å². The number of benzene rings is 3. The van der Waals surface area contributed by atoms with Crippen LogP contribution in [0.1, 0.15) is 36.1 Å². The van der Waals surface area contributed by atoms with E-state index in [-0.39, 0.29) is 43.3 Å². The number of hydrogen-bond acceptors (Lipinski definition) is 5. The van der Waals surface area contributed by atoms with E-state index in [0.717, 1.165) is 34.2 Å². The summed E-state index contributed by atoms with van der Waals surface area (Å²) in [5.41, 5.74) is 3.13. The molecule has 1 aromatic heterocycles. The first-order valence-electron chi connectivity index (χ1n) is 15.7. The number of amides is 2. The third-order valence-electron chi connectivity index (χ3n) is 8.76. The van der Waals surface area contributed by atoms with Gasteiger partial charge in [0.15, 0.2) is 0 Å². The maximum Gasteiger partial charge on any atom is 0.416 e. The molecule has 2 N–H and O–H groups in total. The Kier molecular flexibility index (Phi) is 10.3. The number of halogens is 3. The highest BCUT2D eigenvalue weighted by molar-refractivity contribution is 5.96. The summed E-state index contributed by atoms with van der Waals surface area (Å²) in [6.45, 7) is 4.75. The molecule has 0 spiro atoms. The zero-order valence-electron chi connectivity index (χ0n) is 27.1. The van der Waals surface area contributed by atoms with E-state index >= 15 is 0 Å². The van der Waals surface area contributed by atoms with Crippen molar-refractivity contribution in [3.8, 4) is 5.75 Å². The van der Waals surface area contributed by atoms with Gasteiger partial charge in [-0.1, -0.05) is 37.3 Å². The highest BCUT2D eigenvalue weighted by atomic mass is 19.4. The second-order valence-electron chi connectivity index (χ2n) is 12.6. The predicted octanol–water partition coefficient (Wildman–Crippen LogP) is 5.66. The second kappa shape index (κ2) is 14.2. The van der Waals surface area contributed by atoms with E-state index in [1.807, 2.05) is 60.9 Å². The minimum Gasteiger partial charge on any atom is -0.488 e. The minimum absolute atomic E-state index is 0.0214. The zero-order chi connectivity index (χ0) is 33.9. The number of hydrogen-bond donors (Lipinski definition) is 2. The van der Waals surface area contributed by atoms with Crippen molar-refractivity contribution >= 4 is 28.4 Å². The van der Waals surface area contributed by atoms with Gasteiger partial charge in [0.1, 0.15) is 11.9 Å². The van der Waals surface area contributed by atoms with Crippen molar-refractivity contribution in [3.63, 3.8) is 0 Å². The molecule has 2 heterocycles. The summed E-state index contributed by atoms with van der Waals surface area (Å²) in [4.78, 5) is 30.4. The molecule has 5 rings (SSSR count). The molecule has 0 fully saturated rings. The first-order chi connectivity index (χ1) is 22.3. The molecule has 0 saturated carbocycles. The van der Waals surface area contributed by atoms with Gasteiger partial charge < -0.3 is 24.6 Å². The Morgan fingerprint density at radius 3 is 2.55 bits per heavy atom. The molecule has 1 aliphatic heterocycles. The molecular weight excluding hydrogens is 609 g/mol. The molecule has 0 aliphatic carbocycles. The molecule has 11 heteroatoms. The lowest BCUT2D eigenvalue weighted by Crippen LogP contribution is -2.47. The Labute approximate surface area is 272 Å². The Bertz CT molecular complexity index is 1720. The molecule has 3 atom stereocenters. The number of ether oxygens (including phenoxy) is 1. The number of aryl methyl sites for hydroxylation is 1. The lowest BCUT2D eigenvalue weighted by molar-refractivity contribution is -0.137. The smallest absolute Gasteiger partial charge is 0.416 e. The third-order valence-corrected chi connectivity index (χ3v) is 8.76. The maximum absolute atomic E-state index is 13.6. The van der Waals surface area contributed by atoms with E-state index in [1.54, 1.807) is 30.0 Å². The highest BCUT2D eigenvalue weighted by Gasteiger charge is 2.32. The van der Waals surface area contributed by atoms with Crippen LogP contribution < -0.4 is 10.1 Å². The summed E-state index contributed by atoms with van der Waals surface area (Å²) in [5.74, 6) is 0.0162. The van der Waals surface area contributed by atoms with Crippen LogP contribution in [-0.4, -0.2) is 70.2 Å². The van der Waals surface area contributed by atoms with Crippen molar-refractivity contribution in [1.29, 1.82) is 0 Å². The SMILES string of the molecule is C[C@@H]1CN([C@@H](C)CO)C(=O)Cc2cc(NC(=O)Cc3cn(C)c4ccccc34)ccc2O[C@H]1CN(C)Cc1ccc(C(F)(F)F)cc1. The van der Waals surface area contributed by atoms with Crippen LogP contribution in [0.2, 0.25) is 0 Å². The van der Waals surface area contributed by atoms with E-state index in [2.05, 4.69) is 5.32 Å². The van der Waals surface area contributed by atoms with E-state index < -0.39 is 17.8 Å². The number of fused-ring (bicyclic) bond motifs is 2. The molecule has 250 valence electrons. The first kappa shape index (κ1) is 34.0. The van der Waals surface area contributed by atoms with Crippen LogP contribution in [0.15, 0.2) is 72.9 Å². The summed E-state index contributed by atoms with van der Waals surface area (Å²) in [5, 5.41) is 13.9. The van der Waals surface area contributed by atoms with Gasteiger partial charge in [0.05, 0.1) is 31.1 Å². The number of aliphatic hydroxyl groups is 1. The number of anilines is 1. The van der Waals surface area contributed by atoms with Crippen molar-refractivity contribution in [2.45, 2.75) is 51.6 Å². The lowest BCUT2D eigenvalue weighted by atomic mass is 10.0. The largest absolute Gasteiger partial charge is 0.488 e. The van der Waals surface area contributed by atoms with Crippen molar-refractivity contribution in [2.24, 2.45) is 13.0 Å². The topological polar surface area (TPSA) is 87.0 Å². The second-order valence-corrected chi connectivity index (χ2v) is 12.6. The summed E-state index contributed by atoms with van der Waals surface area (Å²) < 4.78 is 47.7. The number of aliphatic hydroxyl groups excluding tert-OH is 1. The molecule has 3 aromatic carbocycles. The average molecular weight is 651 g/mol. The number of alkyl halides is 3. The number of para-hydroxylation sites is 1. The van der Waals surface area contributed by atoms with Crippen molar-refractivity contribution < 1.29 is 32.6 Å². The van der Waals surface area contributed by atoms with Crippen LogP contribution in [0.5, 0.6) is 5.75 Å². The minimum atomic E-state index is -4.40. The van der Waals surface area contributed by atoms with Gasteiger partial charge in [-0.25, -0.2) is 0 Å². The zero-order valence-corrected chi connectivity index (χ0v) is 27.1. The number of carbonyl (C=O) groups is 2. The fourth-order valence-corrected chi connectivity index (χ4v) is 6.15. The van der Waals surface area contributed by atoms with Gasteiger partial charge in [0.25, 0.3) is 0 Å². The number of nitrogens with zero attached hydrogens (tertiary/aromatic N) is 3. The Morgan fingerprint density at radius 1 is 1.13 bits per heavy atom. The van der Waals surface area contributed by atoms with Gasteiger partial charge in [-0.15, -0.1) is 0 Å². The van der Waals surface area contributed by atoms with Crippen LogP contribution in [0.25, 0.3) is 10.9 Å². The highest BCUT2D eigenvalue weighted by Crippen LogP contribution is 2.31. The number of carbonyl (C=O) groups excluding carboxylic acids is 2. The molecule has 1 aliphatic rings. The molecule has 47 heavy (non-hydrogen) atoms. The predicted molar refractivity (Wildman–Crippen MR) is 175 cm³/mol. The molecule has 0 unspecified atom stereocenters. The van der Waals surface area contributed by atoms with Crippen molar-refractivity contribution in [2.75, 3.05) is 32.1 Å². The van der Waals surface area contributed by atoms with Crippen LogP contribution in [0.3, 0.4) is 0 Å². The van der Waals surface area contributed by atoms with Crippen LogP contribution in [-0.2, 0) is 42.2 Å². The lowest BCUT2D eigenvalue weighted by Gasteiger charge is -2.34. The Morgan fingerprint density at radius 2 is 1.85 bits per heavy atom. The Hall–Kier alpha value is -4.35. The van der Waals surface area contributed by atoms with Crippen LogP contribution in [0.4, 0.5) is 18.9 Å². The van der Waals surface area contributed by atoms with E-state index in [1.165, 1.54) is 12.1 Å². The van der Waals surface area contributed by atoms with E-state index in [9.17, 15) is 27.9 Å². The average Bonchev–Trinajstić information content (AvgIpc) is 3.35. The fourth-order valence-electron chi connectivity index (χ4n) is 6.15. The molecular formula is C36H41F3N4O4. The van der Waals surface area contributed by atoms with Gasteiger partial charge >= 0.3 is 6.18 Å².